The van der Waals surface area contributed by atoms with Crippen LogP contribution in [0.1, 0.15) is 31.9 Å². The van der Waals surface area contributed by atoms with Gasteiger partial charge in [0, 0.05) is 11.1 Å². The molecule has 1 N–H and O–H groups in total. The number of rotatable bonds is 2. The number of aliphatic hydroxyl groups is 1. The van der Waals surface area contributed by atoms with Gasteiger partial charge in [0.2, 0.25) is 0 Å². The number of halogens is 2. The zero-order valence-electron chi connectivity index (χ0n) is 11.8. The first-order valence-corrected chi connectivity index (χ1v) is 6.51. The van der Waals surface area contributed by atoms with Crippen LogP contribution in [0.2, 0.25) is 0 Å². The summed E-state index contributed by atoms with van der Waals surface area (Å²) in [5.41, 5.74) is -2.36. The second-order valence-corrected chi connectivity index (χ2v) is 5.92. The Kier molecular flexibility index (Phi) is 3.65. The van der Waals surface area contributed by atoms with E-state index in [1.807, 2.05) is 0 Å². The van der Waals surface area contributed by atoms with E-state index in [-0.39, 0.29) is 11.1 Å². The van der Waals surface area contributed by atoms with E-state index in [2.05, 4.69) is 0 Å². The van der Waals surface area contributed by atoms with Crippen molar-refractivity contribution in [3.63, 3.8) is 0 Å². The van der Waals surface area contributed by atoms with Gasteiger partial charge in [-0.1, -0.05) is 57.2 Å². The molecular weight excluding hydrogens is 258 g/mol. The van der Waals surface area contributed by atoms with Crippen LogP contribution in [-0.2, 0) is 5.60 Å². The fourth-order valence-corrected chi connectivity index (χ4v) is 2.46. The van der Waals surface area contributed by atoms with E-state index < -0.39 is 22.7 Å². The Hall–Kier alpha value is -1.74. The summed E-state index contributed by atoms with van der Waals surface area (Å²) in [4.78, 5) is 0. The third-order valence-corrected chi connectivity index (χ3v) is 3.61. The van der Waals surface area contributed by atoms with Crippen molar-refractivity contribution < 1.29 is 13.9 Å². The van der Waals surface area contributed by atoms with E-state index in [0.717, 1.165) is 0 Å². The smallest absolute Gasteiger partial charge is 0.129 e. The lowest BCUT2D eigenvalue weighted by Crippen LogP contribution is -2.42. The molecule has 3 heteroatoms. The SMILES string of the molecule is CC(C)(C)C(O)(c1ccccc1F)c1ccccc1F. The maximum absolute atomic E-state index is 14.2. The molecule has 0 aliphatic carbocycles. The lowest BCUT2D eigenvalue weighted by molar-refractivity contribution is -0.0314. The lowest BCUT2D eigenvalue weighted by Gasteiger charge is -2.41. The largest absolute Gasteiger partial charge is 0.380 e. The van der Waals surface area contributed by atoms with Crippen molar-refractivity contribution >= 4 is 0 Å². The minimum absolute atomic E-state index is 0.0811. The maximum Gasteiger partial charge on any atom is 0.129 e. The molecule has 0 amide bonds. The molecule has 2 rings (SSSR count). The highest BCUT2D eigenvalue weighted by molar-refractivity contribution is 5.39. The maximum atomic E-state index is 14.2. The van der Waals surface area contributed by atoms with Gasteiger partial charge in [0.15, 0.2) is 0 Å². The summed E-state index contributed by atoms with van der Waals surface area (Å²) in [5.74, 6) is -1.10. The molecule has 1 nitrogen and oxygen atoms in total. The predicted molar refractivity (Wildman–Crippen MR) is 75.3 cm³/mol. The second-order valence-electron chi connectivity index (χ2n) is 5.92. The summed E-state index contributed by atoms with van der Waals surface area (Å²) in [7, 11) is 0. The van der Waals surface area contributed by atoms with E-state index >= 15 is 0 Å². The second kappa shape index (κ2) is 4.98. The summed E-state index contributed by atoms with van der Waals surface area (Å²) in [5, 5.41) is 11.2. The van der Waals surface area contributed by atoms with Crippen LogP contribution in [0.3, 0.4) is 0 Å². The fraction of sp³-hybridized carbons (Fsp3) is 0.294. The van der Waals surface area contributed by atoms with Crippen LogP contribution < -0.4 is 0 Å². The fourth-order valence-electron chi connectivity index (χ4n) is 2.46. The first-order valence-electron chi connectivity index (χ1n) is 6.51. The monoisotopic (exact) mass is 276 g/mol. The summed E-state index contributed by atoms with van der Waals surface area (Å²) in [6.07, 6.45) is 0. The number of hydrogen-bond acceptors (Lipinski definition) is 1. The Morgan fingerprint density at radius 2 is 1.10 bits per heavy atom. The van der Waals surface area contributed by atoms with E-state index in [4.69, 9.17) is 0 Å². The molecule has 0 aromatic heterocycles. The zero-order chi connectivity index (χ0) is 15.0. The Morgan fingerprint density at radius 1 is 0.750 bits per heavy atom. The summed E-state index contributed by atoms with van der Waals surface area (Å²) < 4.78 is 28.3. The lowest BCUT2D eigenvalue weighted by atomic mass is 9.68. The average molecular weight is 276 g/mol. The van der Waals surface area contributed by atoms with Crippen molar-refractivity contribution in [3.8, 4) is 0 Å². The zero-order valence-corrected chi connectivity index (χ0v) is 11.8. The van der Waals surface area contributed by atoms with E-state index in [1.54, 1.807) is 45.0 Å². The topological polar surface area (TPSA) is 20.2 Å². The van der Waals surface area contributed by atoms with Crippen molar-refractivity contribution in [1.29, 1.82) is 0 Å². The van der Waals surface area contributed by atoms with Crippen LogP contribution in [0.25, 0.3) is 0 Å². The summed E-state index contributed by atoms with van der Waals surface area (Å²) >= 11 is 0. The standard InChI is InChI=1S/C17H18F2O/c1-16(2,3)17(20,12-8-4-6-10-14(12)18)13-9-5-7-11-15(13)19/h4-11,20H,1-3H3. The molecule has 0 unspecified atom stereocenters. The molecule has 0 atom stereocenters. The summed E-state index contributed by atoms with van der Waals surface area (Å²) in [6.45, 7) is 5.27. The molecule has 2 aromatic rings. The molecule has 20 heavy (non-hydrogen) atoms. The molecule has 0 heterocycles. The molecule has 0 aliphatic rings. The van der Waals surface area contributed by atoms with Gasteiger partial charge < -0.3 is 5.11 Å². The first-order chi connectivity index (χ1) is 9.28. The minimum atomic E-state index is -1.75. The molecular formula is C17H18F2O. The molecule has 0 saturated heterocycles. The third-order valence-electron chi connectivity index (χ3n) is 3.61. The molecule has 0 bridgehead atoms. The van der Waals surface area contributed by atoms with Gasteiger partial charge in [0.05, 0.1) is 0 Å². The highest BCUT2D eigenvalue weighted by Gasteiger charge is 2.46. The van der Waals surface area contributed by atoms with E-state index in [1.165, 1.54) is 24.3 Å². The Labute approximate surface area is 117 Å². The first kappa shape index (κ1) is 14.7. The molecule has 106 valence electrons. The highest BCUT2D eigenvalue weighted by Crippen LogP contribution is 2.46. The quantitative estimate of drug-likeness (QED) is 0.869. The number of benzene rings is 2. The van der Waals surface area contributed by atoms with Gasteiger partial charge in [-0.15, -0.1) is 0 Å². The van der Waals surface area contributed by atoms with Crippen LogP contribution in [0.5, 0.6) is 0 Å². The average Bonchev–Trinajstić information content (AvgIpc) is 2.37. The van der Waals surface area contributed by atoms with Crippen molar-refractivity contribution in [2.24, 2.45) is 5.41 Å². The van der Waals surface area contributed by atoms with Crippen molar-refractivity contribution in [1.82, 2.24) is 0 Å². The molecule has 0 radical (unpaired) electrons. The normalized spacial score (nSPS) is 12.5. The van der Waals surface area contributed by atoms with Gasteiger partial charge in [-0.2, -0.15) is 0 Å². The predicted octanol–water partition coefficient (Wildman–Crippen LogP) is 4.25. The van der Waals surface area contributed by atoms with Crippen LogP contribution in [0, 0.1) is 17.0 Å². The van der Waals surface area contributed by atoms with Crippen LogP contribution in [0.15, 0.2) is 48.5 Å². The van der Waals surface area contributed by atoms with Crippen LogP contribution in [0.4, 0.5) is 8.78 Å². The summed E-state index contributed by atoms with van der Waals surface area (Å²) in [6, 6.07) is 11.9. The van der Waals surface area contributed by atoms with Gasteiger partial charge in [-0.05, 0) is 17.5 Å². The van der Waals surface area contributed by atoms with E-state index in [0.29, 0.717) is 0 Å². The molecule has 2 aromatic carbocycles. The van der Waals surface area contributed by atoms with Crippen LogP contribution >= 0.6 is 0 Å². The van der Waals surface area contributed by atoms with Crippen LogP contribution in [-0.4, -0.2) is 5.11 Å². The van der Waals surface area contributed by atoms with Gasteiger partial charge >= 0.3 is 0 Å². The van der Waals surface area contributed by atoms with Gasteiger partial charge in [-0.3, -0.25) is 0 Å². The molecule has 0 spiro atoms. The highest BCUT2D eigenvalue weighted by atomic mass is 19.1. The van der Waals surface area contributed by atoms with Crippen molar-refractivity contribution in [2.45, 2.75) is 26.4 Å². The van der Waals surface area contributed by atoms with Gasteiger partial charge in [0.25, 0.3) is 0 Å². The molecule has 0 saturated carbocycles. The Bertz CT molecular complexity index is 569. The minimum Gasteiger partial charge on any atom is -0.380 e. The van der Waals surface area contributed by atoms with Crippen molar-refractivity contribution in [3.05, 3.63) is 71.3 Å². The molecule has 0 aliphatic heterocycles. The van der Waals surface area contributed by atoms with Crippen molar-refractivity contribution in [2.75, 3.05) is 0 Å². The Balaban J connectivity index is 2.78. The van der Waals surface area contributed by atoms with Gasteiger partial charge in [-0.25, -0.2) is 8.78 Å². The van der Waals surface area contributed by atoms with E-state index in [9.17, 15) is 13.9 Å². The van der Waals surface area contributed by atoms with Gasteiger partial charge in [0.1, 0.15) is 17.2 Å². The third kappa shape index (κ3) is 2.22. The number of hydrogen-bond donors (Lipinski definition) is 1. The molecule has 0 fully saturated rings. The Morgan fingerprint density at radius 3 is 1.40 bits per heavy atom.